The zero-order valence-corrected chi connectivity index (χ0v) is 14.8. The number of carbonyl (C=O) groups excluding carboxylic acids is 1. The molecular weight excluding hydrogens is 351 g/mol. The number of amides is 1. The van der Waals surface area contributed by atoms with Crippen molar-refractivity contribution in [3.8, 4) is 11.3 Å². The number of imidazole rings is 1. The normalized spacial score (nSPS) is 16.7. The van der Waals surface area contributed by atoms with Crippen LogP contribution in [-0.2, 0) is 11.8 Å². The minimum atomic E-state index is -0.348. The number of rotatable bonds is 4. The zero-order valence-electron chi connectivity index (χ0n) is 14.8. The first-order valence-electron chi connectivity index (χ1n) is 8.73. The summed E-state index contributed by atoms with van der Waals surface area (Å²) in [5, 5.41) is 2.84. The highest BCUT2D eigenvalue weighted by Gasteiger charge is 2.19. The van der Waals surface area contributed by atoms with Crippen molar-refractivity contribution >= 4 is 11.6 Å². The van der Waals surface area contributed by atoms with Crippen LogP contribution in [-0.4, -0.2) is 39.6 Å². The molecular formula is C19H19FN4O3. The summed E-state index contributed by atoms with van der Waals surface area (Å²) in [5.74, 6) is -0.362. The summed E-state index contributed by atoms with van der Waals surface area (Å²) in [6.45, 7) is 1.88. The van der Waals surface area contributed by atoms with Gasteiger partial charge in [-0.1, -0.05) is 0 Å². The Labute approximate surface area is 154 Å². The number of hydrogen-bond donors (Lipinski definition) is 1. The van der Waals surface area contributed by atoms with E-state index >= 15 is 0 Å². The molecule has 0 unspecified atom stereocenters. The van der Waals surface area contributed by atoms with E-state index < -0.39 is 0 Å². The van der Waals surface area contributed by atoms with Gasteiger partial charge in [-0.05, 0) is 36.2 Å². The van der Waals surface area contributed by atoms with E-state index in [-0.39, 0.29) is 28.6 Å². The van der Waals surface area contributed by atoms with E-state index in [1.54, 1.807) is 25.4 Å². The van der Waals surface area contributed by atoms with Gasteiger partial charge in [-0.3, -0.25) is 14.0 Å². The maximum absolute atomic E-state index is 13.2. The minimum Gasteiger partial charge on any atom is -0.381 e. The minimum absolute atomic E-state index is 0.165. The Balaban J connectivity index is 1.65. The van der Waals surface area contributed by atoms with E-state index in [1.165, 1.54) is 27.3 Å². The third-order valence-electron chi connectivity index (χ3n) is 4.80. The second-order valence-electron chi connectivity index (χ2n) is 6.68. The summed E-state index contributed by atoms with van der Waals surface area (Å²) < 4.78 is 21.4. The molecule has 0 radical (unpaired) electrons. The molecule has 3 aromatic rings. The Morgan fingerprint density at radius 1 is 1.33 bits per heavy atom. The zero-order chi connectivity index (χ0) is 19.0. The largest absolute Gasteiger partial charge is 0.381 e. The van der Waals surface area contributed by atoms with Crippen LogP contribution in [0.15, 0.2) is 41.5 Å². The van der Waals surface area contributed by atoms with Crippen molar-refractivity contribution in [2.75, 3.05) is 19.8 Å². The van der Waals surface area contributed by atoms with Crippen molar-refractivity contribution in [1.82, 2.24) is 19.3 Å². The van der Waals surface area contributed by atoms with Crippen LogP contribution < -0.4 is 10.9 Å². The standard InChI is InChI=1S/C19H19FN4O3/c1-23-16(13-2-4-14(20)5-3-13)10-24-9-15(22-17(24)19(23)26)18(25)21-8-12-6-7-27-11-12/h2-5,9-10,12H,6-8,11H2,1H3,(H,21,25)/t12-/m0/s1. The molecule has 1 fully saturated rings. The van der Waals surface area contributed by atoms with Crippen LogP contribution >= 0.6 is 0 Å². The van der Waals surface area contributed by atoms with E-state index in [1.807, 2.05) is 0 Å². The first-order chi connectivity index (χ1) is 13.0. The maximum atomic E-state index is 13.2. The summed E-state index contributed by atoms with van der Waals surface area (Å²) in [4.78, 5) is 29.2. The van der Waals surface area contributed by atoms with Crippen LogP contribution in [0.2, 0.25) is 0 Å². The topological polar surface area (TPSA) is 77.6 Å². The summed E-state index contributed by atoms with van der Waals surface area (Å²) in [7, 11) is 1.62. The van der Waals surface area contributed by atoms with Crippen molar-refractivity contribution in [2.45, 2.75) is 6.42 Å². The Hall–Kier alpha value is -3.00. The number of fused-ring (bicyclic) bond motifs is 1. The molecule has 1 amide bonds. The highest BCUT2D eigenvalue weighted by Crippen LogP contribution is 2.18. The smallest absolute Gasteiger partial charge is 0.294 e. The van der Waals surface area contributed by atoms with E-state index in [9.17, 15) is 14.0 Å². The van der Waals surface area contributed by atoms with E-state index in [2.05, 4.69) is 10.3 Å². The number of nitrogens with zero attached hydrogens (tertiary/aromatic N) is 3. The van der Waals surface area contributed by atoms with E-state index in [0.29, 0.717) is 30.3 Å². The predicted octanol–water partition coefficient (Wildman–Crippen LogP) is 1.61. The molecule has 0 bridgehead atoms. The van der Waals surface area contributed by atoms with Gasteiger partial charge in [0.15, 0.2) is 0 Å². The molecule has 1 aliphatic rings. The maximum Gasteiger partial charge on any atom is 0.294 e. The summed E-state index contributed by atoms with van der Waals surface area (Å²) >= 11 is 0. The highest BCUT2D eigenvalue weighted by molar-refractivity contribution is 5.92. The molecule has 0 spiro atoms. The van der Waals surface area contributed by atoms with Gasteiger partial charge in [-0.2, -0.15) is 0 Å². The van der Waals surface area contributed by atoms with Gasteiger partial charge in [0, 0.05) is 38.5 Å². The number of halogens is 1. The number of hydrogen-bond acceptors (Lipinski definition) is 4. The second-order valence-corrected chi connectivity index (χ2v) is 6.68. The molecule has 27 heavy (non-hydrogen) atoms. The van der Waals surface area contributed by atoms with Crippen molar-refractivity contribution < 1.29 is 13.9 Å². The number of ether oxygens (including phenoxy) is 1. The van der Waals surface area contributed by atoms with Gasteiger partial charge in [-0.15, -0.1) is 0 Å². The molecule has 8 heteroatoms. The van der Waals surface area contributed by atoms with Gasteiger partial charge in [-0.25, -0.2) is 9.37 Å². The molecule has 3 heterocycles. The van der Waals surface area contributed by atoms with Crippen molar-refractivity contribution in [1.29, 1.82) is 0 Å². The first kappa shape index (κ1) is 17.4. The molecule has 1 saturated heterocycles. The Morgan fingerprint density at radius 3 is 2.81 bits per heavy atom. The number of benzene rings is 1. The highest BCUT2D eigenvalue weighted by atomic mass is 19.1. The summed E-state index contributed by atoms with van der Waals surface area (Å²) in [6.07, 6.45) is 4.16. The molecule has 4 rings (SSSR count). The van der Waals surface area contributed by atoms with Gasteiger partial charge in [0.25, 0.3) is 11.5 Å². The fourth-order valence-electron chi connectivity index (χ4n) is 3.20. The van der Waals surface area contributed by atoms with Crippen LogP contribution in [0.1, 0.15) is 16.9 Å². The molecule has 1 aromatic carbocycles. The van der Waals surface area contributed by atoms with Gasteiger partial charge in [0.1, 0.15) is 11.5 Å². The number of nitrogens with one attached hydrogen (secondary N) is 1. The fourth-order valence-corrected chi connectivity index (χ4v) is 3.20. The molecule has 1 aliphatic heterocycles. The SMILES string of the molecule is Cn1c(-c2ccc(F)cc2)cn2cc(C(=O)NC[C@@H]3CCOC3)nc2c1=O. The average Bonchev–Trinajstić information content (AvgIpc) is 3.33. The van der Waals surface area contributed by atoms with Crippen molar-refractivity contribution in [3.05, 3.63) is 58.5 Å². The molecule has 7 nitrogen and oxygen atoms in total. The lowest BCUT2D eigenvalue weighted by molar-refractivity contribution is 0.0940. The molecule has 2 aromatic heterocycles. The second kappa shape index (κ2) is 6.96. The van der Waals surface area contributed by atoms with Crippen LogP contribution in [0.3, 0.4) is 0 Å². The molecule has 1 N–H and O–H groups in total. The molecule has 0 aliphatic carbocycles. The van der Waals surface area contributed by atoms with Crippen LogP contribution in [0.25, 0.3) is 16.9 Å². The predicted molar refractivity (Wildman–Crippen MR) is 97.1 cm³/mol. The number of aromatic nitrogens is 3. The van der Waals surface area contributed by atoms with Gasteiger partial charge >= 0.3 is 0 Å². The van der Waals surface area contributed by atoms with Crippen molar-refractivity contribution in [2.24, 2.45) is 13.0 Å². The monoisotopic (exact) mass is 370 g/mol. The van der Waals surface area contributed by atoms with Gasteiger partial charge < -0.3 is 14.6 Å². The summed E-state index contributed by atoms with van der Waals surface area (Å²) in [5.41, 5.74) is 1.30. The van der Waals surface area contributed by atoms with Crippen LogP contribution in [0, 0.1) is 11.7 Å². The first-order valence-corrected chi connectivity index (χ1v) is 8.73. The molecule has 0 saturated carbocycles. The summed E-state index contributed by atoms with van der Waals surface area (Å²) in [6, 6.07) is 5.88. The fraction of sp³-hybridized carbons (Fsp3) is 0.316. The Morgan fingerprint density at radius 2 is 2.11 bits per heavy atom. The lowest BCUT2D eigenvalue weighted by Gasteiger charge is -2.09. The van der Waals surface area contributed by atoms with Crippen LogP contribution in [0.5, 0.6) is 0 Å². The Bertz CT molecular complexity index is 1050. The quantitative estimate of drug-likeness (QED) is 0.757. The Kier molecular flexibility index (Phi) is 4.49. The third kappa shape index (κ3) is 3.35. The number of carbonyl (C=O) groups is 1. The third-order valence-corrected chi connectivity index (χ3v) is 4.80. The van der Waals surface area contributed by atoms with Crippen molar-refractivity contribution in [3.63, 3.8) is 0 Å². The molecule has 140 valence electrons. The van der Waals surface area contributed by atoms with E-state index in [0.717, 1.165) is 13.0 Å². The lowest BCUT2D eigenvalue weighted by Crippen LogP contribution is -2.29. The van der Waals surface area contributed by atoms with E-state index in [4.69, 9.17) is 4.74 Å². The average molecular weight is 370 g/mol. The van der Waals surface area contributed by atoms with Gasteiger partial charge in [0.05, 0.1) is 12.3 Å². The van der Waals surface area contributed by atoms with Gasteiger partial charge in [0.2, 0.25) is 5.65 Å². The van der Waals surface area contributed by atoms with Crippen LogP contribution in [0.4, 0.5) is 4.39 Å². The lowest BCUT2D eigenvalue weighted by atomic mass is 10.1. The molecule has 1 atom stereocenters.